The summed E-state index contributed by atoms with van der Waals surface area (Å²) in [6.45, 7) is 6.60. The maximum atomic E-state index is 11.7. The van der Waals surface area contributed by atoms with Crippen LogP contribution >= 0.6 is 0 Å². The average molecular weight is 228 g/mol. The minimum absolute atomic E-state index is 0.0376. The number of carbonyl (C=O) groups excluding carboxylic acids is 1. The molecule has 0 aliphatic heterocycles. The molecule has 0 radical (unpaired) electrons. The van der Waals surface area contributed by atoms with Gasteiger partial charge >= 0.3 is 0 Å². The zero-order valence-corrected chi connectivity index (χ0v) is 10.6. The Morgan fingerprint density at radius 2 is 1.94 bits per heavy atom. The second-order valence-corrected chi connectivity index (χ2v) is 5.03. The Balaban J connectivity index is 2.14. The van der Waals surface area contributed by atoms with Crippen LogP contribution in [-0.2, 0) is 9.63 Å². The van der Waals surface area contributed by atoms with Gasteiger partial charge in [-0.15, -0.1) is 0 Å². The second kappa shape index (κ2) is 6.86. The fourth-order valence-corrected chi connectivity index (χ4v) is 1.79. The molecular weight excluding hydrogens is 204 g/mol. The van der Waals surface area contributed by atoms with Crippen molar-refractivity contribution in [2.75, 3.05) is 6.61 Å². The van der Waals surface area contributed by atoms with Crippen molar-refractivity contribution in [2.24, 2.45) is 5.92 Å². The highest BCUT2D eigenvalue weighted by molar-refractivity contribution is 5.81. The molecule has 1 aliphatic carbocycles. The third kappa shape index (κ3) is 4.94. The van der Waals surface area contributed by atoms with E-state index in [0.717, 1.165) is 12.8 Å². The van der Waals surface area contributed by atoms with E-state index in [1.54, 1.807) is 0 Å². The van der Waals surface area contributed by atoms with Crippen molar-refractivity contribution in [3.05, 3.63) is 0 Å². The van der Waals surface area contributed by atoms with Crippen molar-refractivity contribution in [3.8, 4) is 0 Å². The predicted octanol–water partition coefficient (Wildman–Crippen LogP) is 1.61. The number of amides is 1. The fourth-order valence-electron chi connectivity index (χ4n) is 1.79. The van der Waals surface area contributed by atoms with Crippen molar-refractivity contribution in [2.45, 2.75) is 58.5 Å². The molecule has 0 aromatic carbocycles. The molecule has 0 bridgehead atoms. The first-order chi connectivity index (χ1) is 7.59. The summed E-state index contributed by atoms with van der Waals surface area (Å²) >= 11 is 0. The zero-order valence-electron chi connectivity index (χ0n) is 10.6. The van der Waals surface area contributed by atoms with E-state index in [9.17, 15) is 4.79 Å². The number of hydrogen-bond acceptors (Lipinski definition) is 3. The van der Waals surface area contributed by atoms with Gasteiger partial charge in [-0.25, -0.2) is 0 Å². The van der Waals surface area contributed by atoms with Crippen molar-refractivity contribution < 1.29 is 9.63 Å². The lowest BCUT2D eigenvalue weighted by Gasteiger charge is -2.18. The normalized spacial score (nSPS) is 19.0. The molecular formula is C12H24N2O2. The lowest BCUT2D eigenvalue weighted by molar-refractivity contribution is -0.127. The Morgan fingerprint density at radius 3 is 2.50 bits per heavy atom. The molecule has 94 valence electrons. The SMILES string of the molecule is CC(C)CONC(C)C(=O)NC1CCCC1. The van der Waals surface area contributed by atoms with Crippen LogP contribution in [0.3, 0.4) is 0 Å². The van der Waals surface area contributed by atoms with Gasteiger partial charge in [0.2, 0.25) is 5.91 Å². The van der Waals surface area contributed by atoms with Gasteiger partial charge in [-0.3, -0.25) is 4.79 Å². The highest BCUT2D eigenvalue weighted by Crippen LogP contribution is 2.17. The molecule has 16 heavy (non-hydrogen) atoms. The monoisotopic (exact) mass is 228 g/mol. The molecule has 4 heteroatoms. The van der Waals surface area contributed by atoms with Gasteiger partial charge < -0.3 is 10.2 Å². The number of carbonyl (C=O) groups is 1. The summed E-state index contributed by atoms with van der Waals surface area (Å²) in [6.07, 6.45) is 4.70. The molecule has 0 spiro atoms. The molecule has 1 rings (SSSR count). The standard InChI is InChI=1S/C12H24N2O2/c1-9(2)8-16-14-10(3)12(15)13-11-6-4-5-7-11/h9-11,14H,4-8H2,1-3H3,(H,13,15). The van der Waals surface area contributed by atoms with Crippen LogP contribution in [0.25, 0.3) is 0 Å². The van der Waals surface area contributed by atoms with E-state index in [1.165, 1.54) is 12.8 Å². The van der Waals surface area contributed by atoms with E-state index in [2.05, 4.69) is 24.6 Å². The van der Waals surface area contributed by atoms with Crippen molar-refractivity contribution >= 4 is 5.91 Å². The predicted molar refractivity (Wildman–Crippen MR) is 63.8 cm³/mol. The van der Waals surface area contributed by atoms with Crippen LogP contribution in [0.1, 0.15) is 46.5 Å². The van der Waals surface area contributed by atoms with E-state index >= 15 is 0 Å². The molecule has 1 fully saturated rings. The number of nitrogens with one attached hydrogen (secondary N) is 2. The molecule has 1 saturated carbocycles. The van der Waals surface area contributed by atoms with E-state index in [1.807, 2.05) is 6.92 Å². The van der Waals surface area contributed by atoms with Gasteiger partial charge in [0.1, 0.15) is 6.04 Å². The van der Waals surface area contributed by atoms with Crippen LogP contribution in [0.15, 0.2) is 0 Å². The molecule has 0 aromatic rings. The van der Waals surface area contributed by atoms with Crippen molar-refractivity contribution in [1.82, 2.24) is 10.8 Å². The van der Waals surface area contributed by atoms with Gasteiger partial charge in [0.25, 0.3) is 0 Å². The summed E-state index contributed by atoms with van der Waals surface area (Å²) in [6, 6.07) is 0.0983. The summed E-state index contributed by atoms with van der Waals surface area (Å²) < 4.78 is 0. The Morgan fingerprint density at radius 1 is 1.31 bits per heavy atom. The van der Waals surface area contributed by atoms with Crippen LogP contribution in [-0.4, -0.2) is 24.6 Å². The van der Waals surface area contributed by atoms with Crippen LogP contribution in [0.4, 0.5) is 0 Å². The quantitative estimate of drug-likeness (QED) is 0.679. The Bertz CT molecular complexity index is 213. The number of hydrogen-bond donors (Lipinski definition) is 2. The minimum Gasteiger partial charge on any atom is -0.352 e. The maximum absolute atomic E-state index is 11.7. The Hall–Kier alpha value is -0.610. The van der Waals surface area contributed by atoms with E-state index in [0.29, 0.717) is 18.6 Å². The van der Waals surface area contributed by atoms with Gasteiger partial charge in [-0.1, -0.05) is 26.7 Å². The summed E-state index contributed by atoms with van der Waals surface area (Å²) in [5.74, 6) is 0.508. The second-order valence-electron chi connectivity index (χ2n) is 5.03. The topological polar surface area (TPSA) is 50.4 Å². The molecule has 1 aliphatic rings. The lowest BCUT2D eigenvalue weighted by Crippen LogP contribution is -2.45. The summed E-state index contributed by atoms with van der Waals surface area (Å²) in [5, 5.41) is 3.04. The minimum atomic E-state index is -0.278. The molecule has 1 atom stereocenters. The molecule has 0 aromatic heterocycles. The maximum Gasteiger partial charge on any atom is 0.239 e. The third-order valence-electron chi connectivity index (χ3n) is 2.77. The lowest BCUT2D eigenvalue weighted by atomic mass is 10.2. The summed E-state index contributed by atoms with van der Waals surface area (Å²) in [5.41, 5.74) is 2.78. The summed E-state index contributed by atoms with van der Waals surface area (Å²) in [4.78, 5) is 17.0. The van der Waals surface area contributed by atoms with Gasteiger partial charge in [0.15, 0.2) is 0 Å². The Kier molecular flexibility index (Phi) is 5.77. The van der Waals surface area contributed by atoms with Gasteiger partial charge in [-0.05, 0) is 25.7 Å². The first-order valence-electron chi connectivity index (χ1n) is 6.27. The van der Waals surface area contributed by atoms with E-state index in [4.69, 9.17) is 4.84 Å². The first-order valence-corrected chi connectivity index (χ1v) is 6.27. The summed E-state index contributed by atoms with van der Waals surface area (Å²) in [7, 11) is 0. The smallest absolute Gasteiger partial charge is 0.239 e. The van der Waals surface area contributed by atoms with Crippen LogP contribution in [0.5, 0.6) is 0 Å². The zero-order chi connectivity index (χ0) is 12.0. The molecule has 0 heterocycles. The average Bonchev–Trinajstić information content (AvgIpc) is 2.69. The van der Waals surface area contributed by atoms with Crippen molar-refractivity contribution in [3.63, 3.8) is 0 Å². The van der Waals surface area contributed by atoms with Crippen LogP contribution in [0, 0.1) is 5.92 Å². The highest BCUT2D eigenvalue weighted by atomic mass is 16.6. The van der Waals surface area contributed by atoms with Crippen LogP contribution < -0.4 is 10.8 Å². The van der Waals surface area contributed by atoms with Gasteiger partial charge in [0.05, 0.1) is 6.61 Å². The van der Waals surface area contributed by atoms with Gasteiger partial charge in [0, 0.05) is 6.04 Å². The van der Waals surface area contributed by atoms with Crippen molar-refractivity contribution in [1.29, 1.82) is 0 Å². The number of rotatable bonds is 6. The van der Waals surface area contributed by atoms with E-state index < -0.39 is 0 Å². The van der Waals surface area contributed by atoms with Crippen LogP contribution in [0.2, 0.25) is 0 Å². The first kappa shape index (κ1) is 13.5. The molecule has 2 N–H and O–H groups in total. The Labute approximate surface area is 98.1 Å². The molecule has 4 nitrogen and oxygen atoms in total. The molecule has 1 unspecified atom stereocenters. The highest BCUT2D eigenvalue weighted by Gasteiger charge is 2.20. The molecule has 1 amide bonds. The largest absolute Gasteiger partial charge is 0.352 e. The number of hydroxylamine groups is 1. The fraction of sp³-hybridized carbons (Fsp3) is 0.917. The van der Waals surface area contributed by atoms with Gasteiger partial charge in [-0.2, -0.15) is 5.48 Å². The third-order valence-corrected chi connectivity index (χ3v) is 2.77. The van der Waals surface area contributed by atoms with E-state index in [-0.39, 0.29) is 11.9 Å². The molecule has 0 saturated heterocycles.